The van der Waals surface area contributed by atoms with Crippen LogP contribution in [0.3, 0.4) is 0 Å². The van der Waals surface area contributed by atoms with Crippen LogP contribution in [0.2, 0.25) is 0 Å². The maximum Gasteiger partial charge on any atom is 0.339 e. The Morgan fingerprint density at radius 3 is 2.69 bits per heavy atom. The Balaban J connectivity index is 3.40. The van der Waals surface area contributed by atoms with Gasteiger partial charge in [-0.2, -0.15) is 0 Å². The topological polar surface area (TPSA) is 59.2 Å². The second-order valence-electron chi connectivity index (χ2n) is 2.87. The summed E-state index contributed by atoms with van der Waals surface area (Å²) in [5.41, 5.74) is -1.84. The molecule has 0 aliphatic carbocycles. The Bertz CT molecular complexity index is 459. The fourth-order valence-corrected chi connectivity index (χ4v) is 1.36. The van der Waals surface area contributed by atoms with Gasteiger partial charge >= 0.3 is 5.97 Å². The van der Waals surface area contributed by atoms with Crippen LogP contribution in [0, 0.1) is 0 Å². The standard InChI is InChI=1S/C9H8ClF2NO3/c1-16-9(15)4-2-5(7(11)12)8(14)13-6(4)3-10/h2,7H,3H2,1H3,(H,13,14). The van der Waals surface area contributed by atoms with Crippen molar-refractivity contribution in [1.82, 2.24) is 4.98 Å². The van der Waals surface area contributed by atoms with E-state index in [2.05, 4.69) is 9.72 Å². The zero-order valence-corrected chi connectivity index (χ0v) is 8.98. The number of carbonyl (C=O) groups is 1. The summed E-state index contributed by atoms with van der Waals surface area (Å²) in [5, 5.41) is 0. The van der Waals surface area contributed by atoms with Crippen LogP contribution in [-0.2, 0) is 10.6 Å². The van der Waals surface area contributed by atoms with Gasteiger partial charge in [-0.3, -0.25) is 4.79 Å². The highest BCUT2D eigenvalue weighted by atomic mass is 35.5. The third-order valence-electron chi connectivity index (χ3n) is 1.93. The summed E-state index contributed by atoms with van der Waals surface area (Å²) < 4.78 is 29.2. The number of aromatic nitrogens is 1. The fraction of sp³-hybridized carbons (Fsp3) is 0.333. The largest absolute Gasteiger partial charge is 0.465 e. The van der Waals surface area contributed by atoms with Gasteiger partial charge in [-0.15, -0.1) is 11.6 Å². The zero-order chi connectivity index (χ0) is 12.3. The minimum absolute atomic E-state index is 0.0583. The molecule has 0 amide bonds. The van der Waals surface area contributed by atoms with Crippen LogP contribution in [-0.4, -0.2) is 18.1 Å². The molecular weight excluding hydrogens is 244 g/mol. The van der Waals surface area contributed by atoms with Gasteiger partial charge < -0.3 is 9.72 Å². The van der Waals surface area contributed by atoms with E-state index in [1.807, 2.05) is 0 Å². The summed E-state index contributed by atoms with van der Waals surface area (Å²) in [6, 6.07) is 0.799. The lowest BCUT2D eigenvalue weighted by Crippen LogP contribution is -2.19. The molecule has 4 nitrogen and oxygen atoms in total. The summed E-state index contributed by atoms with van der Waals surface area (Å²) in [6.45, 7) is 0. The number of nitrogens with one attached hydrogen (secondary N) is 1. The van der Waals surface area contributed by atoms with E-state index in [0.717, 1.165) is 13.2 Å². The minimum Gasteiger partial charge on any atom is -0.465 e. The minimum atomic E-state index is -2.96. The van der Waals surface area contributed by atoms with E-state index in [9.17, 15) is 18.4 Å². The molecule has 16 heavy (non-hydrogen) atoms. The summed E-state index contributed by atoms with van der Waals surface area (Å²) in [5.74, 6) is -1.00. The summed E-state index contributed by atoms with van der Waals surface area (Å²) in [4.78, 5) is 24.5. The van der Waals surface area contributed by atoms with Crippen molar-refractivity contribution in [2.75, 3.05) is 7.11 Å². The lowest BCUT2D eigenvalue weighted by atomic mass is 10.1. The molecule has 7 heteroatoms. The molecule has 0 unspecified atom stereocenters. The molecule has 1 aromatic heterocycles. The third kappa shape index (κ3) is 2.38. The predicted molar refractivity (Wildman–Crippen MR) is 52.9 cm³/mol. The van der Waals surface area contributed by atoms with Crippen LogP contribution in [0.1, 0.15) is 28.0 Å². The lowest BCUT2D eigenvalue weighted by molar-refractivity contribution is 0.0598. The van der Waals surface area contributed by atoms with E-state index < -0.39 is 23.5 Å². The van der Waals surface area contributed by atoms with Gasteiger partial charge in [0.1, 0.15) is 0 Å². The molecule has 88 valence electrons. The number of ether oxygens (including phenoxy) is 1. The van der Waals surface area contributed by atoms with E-state index >= 15 is 0 Å². The number of H-pyrrole nitrogens is 1. The second-order valence-corrected chi connectivity index (χ2v) is 3.14. The SMILES string of the molecule is COC(=O)c1cc(C(F)F)c(=O)[nH]c1CCl. The van der Waals surface area contributed by atoms with E-state index in [0.29, 0.717) is 0 Å². The fourth-order valence-electron chi connectivity index (χ4n) is 1.14. The number of rotatable bonds is 3. The monoisotopic (exact) mass is 251 g/mol. The zero-order valence-electron chi connectivity index (χ0n) is 8.22. The van der Waals surface area contributed by atoms with Crippen molar-refractivity contribution in [3.63, 3.8) is 0 Å². The molecule has 0 aliphatic rings. The molecule has 0 aromatic carbocycles. The molecule has 0 aliphatic heterocycles. The van der Waals surface area contributed by atoms with Gasteiger partial charge in [0.05, 0.1) is 24.1 Å². The number of pyridine rings is 1. The Morgan fingerprint density at radius 2 is 2.25 bits per heavy atom. The van der Waals surface area contributed by atoms with E-state index in [1.54, 1.807) is 0 Å². The number of esters is 1. The highest BCUT2D eigenvalue weighted by molar-refractivity contribution is 6.17. The van der Waals surface area contributed by atoms with Gasteiger partial charge in [-0.05, 0) is 6.07 Å². The first kappa shape index (κ1) is 12.6. The number of hydrogen-bond donors (Lipinski definition) is 1. The maximum atomic E-state index is 12.4. The van der Waals surface area contributed by atoms with Crippen molar-refractivity contribution < 1.29 is 18.3 Å². The Kier molecular flexibility index (Phi) is 4.00. The number of halogens is 3. The molecule has 0 bridgehead atoms. The van der Waals surface area contributed by atoms with Crippen molar-refractivity contribution in [1.29, 1.82) is 0 Å². The van der Waals surface area contributed by atoms with Crippen molar-refractivity contribution in [3.8, 4) is 0 Å². The van der Waals surface area contributed by atoms with Crippen LogP contribution in [0.4, 0.5) is 8.78 Å². The van der Waals surface area contributed by atoms with E-state index in [-0.39, 0.29) is 17.1 Å². The van der Waals surface area contributed by atoms with Gasteiger partial charge in [-0.1, -0.05) is 0 Å². The van der Waals surface area contributed by atoms with Crippen molar-refractivity contribution >= 4 is 17.6 Å². The average Bonchev–Trinajstić information content (AvgIpc) is 2.27. The Hall–Kier alpha value is -1.43. The second kappa shape index (κ2) is 5.07. The maximum absolute atomic E-state index is 12.4. The van der Waals surface area contributed by atoms with Gasteiger partial charge in [0.25, 0.3) is 12.0 Å². The number of carbonyl (C=O) groups excluding carboxylic acids is 1. The predicted octanol–water partition coefficient (Wildman–Crippen LogP) is 1.84. The van der Waals surface area contributed by atoms with Gasteiger partial charge in [-0.25, -0.2) is 13.6 Å². The normalized spacial score (nSPS) is 10.6. The van der Waals surface area contributed by atoms with Crippen molar-refractivity contribution in [2.24, 2.45) is 0 Å². The van der Waals surface area contributed by atoms with E-state index in [4.69, 9.17) is 11.6 Å². The molecule has 0 atom stereocenters. The molecule has 1 N–H and O–H groups in total. The Morgan fingerprint density at radius 1 is 1.62 bits per heavy atom. The van der Waals surface area contributed by atoms with Crippen LogP contribution in [0.15, 0.2) is 10.9 Å². The molecule has 1 aromatic rings. The first-order valence-corrected chi connectivity index (χ1v) is 4.73. The number of methoxy groups -OCH3 is 1. The molecule has 1 rings (SSSR count). The summed E-state index contributed by atoms with van der Waals surface area (Å²) in [7, 11) is 1.10. The van der Waals surface area contributed by atoms with Crippen LogP contribution >= 0.6 is 11.6 Å². The molecule has 0 fully saturated rings. The van der Waals surface area contributed by atoms with Gasteiger partial charge in [0.2, 0.25) is 0 Å². The summed E-state index contributed by atoms with van der Waals surface area (Å²) >= 11 is 5.47. The molecule has 1 heterocycles. The van der Waals surface area contributed by atoms with Crippen LogP contribution < -0.4 is 5.56 Å². The molecule has 0 spiro atoms. The number of hydrogen-bond acceptors (Lipinski definition) is 3. The quantitative estimate of drug-likeness (QED) is 0.659. The number of aromatic amines is 1. The van der Waals surface area contributed by atoms with Crippen molar-refractivity contribution in [2.45, 2.75) is 12.3 Å². The van der Waals surface area contributed by atoms with Gasteiger partial charge in [0, 0.05) is 5.69 Å². The molecule has 0 radical (unpaired) electrons. The van der Waals surface area contributed by atoms with Gasteiger partial charge in [0.15, 0.2) is 0 Å². The third-order valence-corrected chi connectivity index (χ3v) is 2.19. The first-order chi connectivity index (χ1) is 7.51. The van der Waals surface area contributed by atoms with E-state index in [1.165, 1.54) is 0 Å². The number of alkyl halides is 3. The highest BCUT2D eigenvalue weighted by Crippen LogP contribution is 2.18. The summed E-state index contributed by atoms with van der Waals surface area (Å²) in [6.07, 6.45) is -2.96. The highest BCUT2D eigenvalue weighted by Gasteiger charge is 2.19. The molecular formula is C9H8ClF2NO3. The average molecular weight is 252 g/mol. The lowest BCUT2D eigenvalue weighted by Gasteiger charge is -2.07. The molecule has 0 saturated heterocycles. The Labute approximate surface area is 94.2 Å². The van der Waals surface area contributed by atoms with Crippen LogP contribution in [0.25, 0.3) is 0 Å². The van der Waals surface area contributed by atoms with Crippen molar-refractivity contribution in [3.05, 3.63) is 33.2 Å². The smallest absolute Gasteiger partial charge is 0.339 e. The van der Waals surface area contributed by atoms with Crippen LogP contribution in [0.5, 0.6) is 0 Å². The molecule has 0 saturated carbocycles. The first-order valence-electron chi connectivity index (χ1n) is 4.19.